The van der Waals surface area contributed by atoms with Gasteiger partial charge in [0.1, 0.15) is 11.4 Å². The number of nitrogens with one attached hydrogen (secondary N) is 1. The van der Waals surface area contributed by atoms with Crippen molar-refractivity contribution in [2.45, 2.75) is 57.7 Å². The van der Waals surface area contributed by atoms with Gasteiger partial charge >= 0.3 is 6.09 Å². The molecule has 1 amide bonds. The number of carbonyl (C=O) groups excluding carboxylic acids is 1. The van der Waals surface area contributed by atoms with E-state index in [1.807, 2.05) is 25.1 Å². The van der Waals surface area contributed by atoms with E-state index in [0.29, 0.717) is 25.7 Å². The first kappa shape index (κ1) is 19.4. The van der Waals surface area contributed by atoms with E-state index >= 15 is 0 Å². The van der Waals surface area contributed by atoms with Crippen LogP contribution in [0.4, 0.5) is 4.79 Å². The van der Waals surface area contributed by atoms with Gasteiger partial charge in [0.25, 0.3) is 0 Å². The maximum atomic E-state index is 12.2. The fraction of sp³-hybridized carbons (Fsp3) is 0.565. The summed E-state index contributed by atoms with van der Waals surface area (Å²) in [5.41, 5.74) is 3.83. The summed E-state index contributed by atoms with van der Waals surface area (Å²) in [6.07, 6.45) is 1.80. The highest BCUT2D eigenvalue weighted by Gasteiger charge is 2.55. The minimum Gasteiger partial charge on any atom is -0.478 e. The first-order chi connectivity index (χ1) is 14.3. The molecule has 0 saturated carbocycles. The van der Waals surface area contributed by atoms with E-state index in [-0.39, 0.29) is 11.6 Å². The van der Waals surface area contributed by atoms with Gasteiger partial charge in [-0.15, -0.1) is 0 Å². The molecule has 1 aromatic carbocycles. The van der Waals surface area contributed by atoms with Crippen LogP contribution in [0.25, 0.3) is 11.3 Å². The maximum Gasteiger partial charge on any atom is 0.410 e. The van der Waals surface area contributed by atoms with Crippen molar-refractivity contribution in [3.63, 3.8) is 0 Å². The third-order valence-corrected chi connectivity index (χ3v) is 6.64. The molecule has 1 spiro atoms. The molecule has 2 aromatic rings. The summed E-state index contributed by atoms with van der Waals surface area (Å²) in [6, 6.07) is 8.43. The van der Waals surface area contributed by atoms with Gasteiger partial charge in [-0.25, -0.2) is 4.79 Å². The highest BCUT2D eigenvalue weighted by atomic mass is 16.6. The molecule has 1 unspecified atom stereocenters. The molecule has 0 aliphatic carbocycles. The van der Waals surface area contributed by atoms with Crippen LogP contribution in [0.3, 0.4) is 0 Å². The van der Waals surface area contributed by atoms with Crippen LogP contribution in [0.5, 0.6) is 5.75 Å². The Kier molecular flexibility index (Phi) is 4.36. The highest BCUT2D eigenvalue weighted by Crippen LogP contribution is 2.50. The van der Waals surface area contributed by atoms with Crippen LogP contribution in [-0.4, -0.2) is 52.6 Å². The fourth-order valence-corrected chi connectivity index (χ4v) is 5.31. The summed E-state index contributed by atoms with van der Waals surface area (Å²) in [7, 11) is 0. The molecule has 3 aliphatic heterocycles. The molecule has 4 heterocycles. The van der Waals surface area contributed by atoms with Crippen LogP contribution in [0, 0.1) is 6.92 Å². The Bertz CT molecular complexity index is 990. The van der Waals surface area contributed by atoms with E-state index in [9.17, 15) is 4.79 Å². The number of likely N-dealkylation sites (tertiary alicyclic amines) is 1. The number of hydrogen-bond donors (Lipinski definition) is 1. The lowest BCUT2D eigenvalue weighted by Crippen LogP contribution is -2.65. The molecule has 30 heavy (non-hydrogen) atoms. The van der Waals surface area contributed by atoms with Gasteiger partial charge in [0.05, 0.1) is 25.7 Å². The van der Waals surface area contributed by atoms with Crippen LogP contribution in [-0.2, 0) is 10.3 Å². The molecule has 7 heteroatoms. The van der Waals surface area contributed by atoms with Crippen molar-refractivity contribution in [3.05, 3.63) is 35.5 Å². The van der Waals surface area contributed by atoms with Crippen molar-refractivity contribution in [1.82, 2.24) is 20.0 Å². The number of nitrogens with zero attached hydrogens (tertiary/aromatic N) is 3. The molecule has 1 N–H and O–H groups in total. The Morgan fingerprint density at radius 2 is 2.10 bits per heavy atom. The second-order valence-corrected chi connectivity index (χ2v) is 9.36. The van der Waals surface area contributed by atoms with Crippen LogP contribution in [0.2, 0.25) is 0 Å². The SMILES string of the molecule is CCOC(=O)N1CC2(C1)Oc1ccccc1-c1nn(C3CCNC(C)(C)C3)c(C)c12. The molecular formula is C23H30N4O3. The largest absolute Gasteiger partial charge is 0.478 e. The van der Waals surface area contributed by atoms with Crippen LogP contribution in [0.1, 0.15) is 50.9 Å². The number of ether oxygens (including phenoxy) is 2. The fourth-order valence-electron chi connectivity index (χ4n) is 5.31. The first-order valence-corrected chi connectivity index (χ1v) is 10.9. The smallest absolute Gasteiger partial charge is 0.410 e. The van der Waals surface area contributed by atoms with E-state index in [4.69, 9.17) is 14.6 Å². The van der Waals surface area contributed by atoms with Crippen molar-refractivity contribution < 1.29 is 14.3 Å². The Labute approximate surface area is 177 Å². The van der Waals surface area contributed by atoms with Crippen LogP contribution < -0.4 is 10.1 Å². The Morgan fingerprint density at radius 1 is 1.33 bits per heavy atom. The number of para-hydroxylation sites is 1. The maximum absolute atomic E-state index is 12.2. The van der Waals surface area contributed by atoms with Gasteiger partial charge in [-0.3, -0.25) is 9.58 Å². The monoisotopic (exact) mass is 410 g/mol. The number of carbonyl (C=O) groups is 1. The summed E-state index contributed by atoms with van der Waals surface area (Å²) in [6.45, 7) is 10.8. The molecule has 160 valence electrons. The van der Waals surface area contributed by atoms with E-state index in [2.05, 4.69) is 36.8 Å². The summed E-state index contributed by atoms with van der Waals surface area (Å²) >= 11 is 0. The predicted octanol–water partition coefficient (Wildman–Crippen LogP) is 3.62. The predicted molar refractivity (Wildman–Crippen MR) is 114 cm³/mol. The number of hydrogen-bond acceptors (Lipinski definition) is 5. The van der Waals surface area contributed by atoms with Gasteiger partial charge in [0.15, 0.2) is 5.60 Å². The topological polar surface area (TPSA) is 68.6 Å². The van der Waals surface area contributed by atoms with Crippen molar-refractivity contribution >= 4 is 6.09 Å². The molecule has 7 nitrogen and oxygen atoms in total. The van der Waals surface area contributed by atoms with Gasteiger partial charge in [0, 0.05) is 22.4 Å². The van der Waals surface area contributed by atoms with Crippen molar-refractivity contribution in [2.75, 3.05) is 26.2 Å². The normalized spacial score (nSPS) is 23.2. The Hall–Kier alpha value is -2.54. The number of aromatic nitrogens is 2. The lowest BCUT2D eigenvalue weighted by Gasteiger charge is -2.50. The van der Waals surface area contributed by atoms with Crippen LogP contribution in [0.15, 0.2) is 24.3 Å². The minimum atomic E-state index is -0.554. The molecular weight excluding hydrogens is 380 g/mol. The van der Waals surface area contributed by atoms with Gasteiger partial charge in [-0.1, -0.05) is 12.1 Å². The van der Waals surface area contributed by atoms with Crippen molar-refractivity contribution in [1.29, 1.82) is 0 Å². The zero-order valence-corrected chi connectivity index (χ0v) is 18.2. The summed E-state index contributed by atoms with van der Waals surface area (Å²) < 4.78 is 14.0. The van der Waals surface area contributed by atoms with Gasteiger partial charge in [0.2, 0.25) is 0 Å². The zero-order chi connectivity index (χ0) is 21.1. The lowest BCUT2D eigenvalue weighted by atomic mass is 9.80. The highest BCUT2D eigenvalue weighted by molar-refractivity contribution is 5.76. The third kappa shape index (κ3) is 2.90. The number of benzene rings is 1. The third-order valence-electron chi connectivity index (χ3n) is 6.64. The average molecular weight is 411 g/mol. The first-order valence-electron chi connectivity index (χ1n) is 10.9. The van der Waals surface area contributed by atoms with Gasteiger partial charge in [-0.2, -0.15) is 5.10 Å². The van der Waals surface area contributed by atoms with Crippen LogP contribution >= 0.6 is 0 Å². The summed E-state index contributed by atoms with van der Waals surface area (Å²) in [5.74, 6) is 0.837. The van der Waals surface area contributed by atoms with E-state index in [1.165, 1.54) is 0 Å². The molecule has 1 atom stereocenters. The van der Waals surface area contributed by atoms with Gasteiger partial charge in [-0.05, 0) is 59.2 Å². The number of fused-ring (bicyclic) bond motifs is 4. The summed E-state index contributed by atoms with van der Waals surface area (Å²) in [4.78, 5) is 14.0. The van der Waals surface area contributed by atoms with Gasteiger partial charge < -0.3 is 14.8 Å². The van der Waals surface area contributed by atoms with E-state index in [0.717, 1.165) is 47.7 Å². The minimum absolute atomic E-state index is 0.0884. The lowest BCUT2D eigenvalue weighted by molar-refractivity contribution is -0.0760. The van der Waals surface area contributed by atoms with E-state index < -0.39 is 5.60 Å². The molecule has 2 fully saturated rings. The number of rotatable bonds is 2. The second-order valence-electron chi connectivity index (χ2n) is 9.36. The molecule has 0 radical (unpaired) electrons. The standard InChI is InChI=1S/C23H30N4O3/c1-5-29-21(28)26-13-23(14-26)19-15(2)27(16-10-11-24-22(3,4)12-16)25-20(19)17-8-6-7-9-18(17)30-23/h6-9,16,24H,5,10-14H2,1-4H3. The Balaban J connectivity index is 1.56. The molecule has 3 aliphatic rings. The van der Waals surface area contributed by atoms with Crippen molar-refractivity contribution in [3.8, 4) is 17.0 Å². The molecule has 1 aromatic heterocycles. The molecule has 2 saturated heterocycles. The molecule has 5 rings (SSSR count). The summed E-state index contributed by atoms with van der Waals surface area (Å²) in [5, 5.41) is 8.74. The second kappa shape index (κ2) is 6.74. The average Bonchev–Trinajstić information content (AvgIpc) is 3.03. The Morgan fingerprint density at radius 3 is 2.83 bits per heavy atom. The zero-order valence-electron chi connectivity index (χ0n) is 18.2. The van der Waals surface area contributed by atoms with E-state index in [1.54, 1.807) is 4.90 Å². The molecule has 0 bridgehead atoms. The number of amides is 1. The van der Waals surface area contributed by atoms with Crippen molar-refractivity contribution in [2.24, 2.45) is 0 Å². The quantitative estimate of drug-likeness (QED) is 0.819. The number of piperidine rings is 1.